The Morgan fingerprint density at radius 2 is 2.30 bits per heavy atom. The second kappa shape index (κ2) is 6.72. The molecule has 23 heavy (non-hydrogen) atoms. The Morgan fingerprint density at radius 1 is 1.48 bits per heavy atom. The Morgan fingerprint density at radius 3 is 3.00 bits per heavy atom. The summed E-state index contributed by atoms with van der Waals surface area (Å²) in [5.41, 5.74) is 2.42. The second-order valence-corrected chi connectivity index (χ2v) is 6.12. The van der Waals surface area contributed by atoms with Crippen LogP contribution in [0, 0.1) is 0 Å². The Labute approximate surface area is 140 Å². The van der Waals surface area contributed by atoms with E-state index in [1.807, 2.05) is 43.0 Å². The fourth-order valence-corrected chi connectivity index (χ4v) is 3.08. The van der Waals surface area contributed by atoms with E-state index in [9.17, 15) is 4.79 Å². The number of hydrogen-bond acceptors (Lipinski definition) is 3. The lowest BCUT2D eigenvalue weighted by Gasteiger charge is -2.31. The van der Waals surface area contributed by atoms with Crippen molar-refractivity contribution in [3.63, 3.8) is 0 Å². The van der Waals surface area contributed by atoms with Crippen LogP contribution >= 0.6 is 11.6 Å². The summed E-state index contributed by atoms with van der Waals surface area (Å²) in [4.78, 5) is 14.7. The van der Waals surface area contributed by atoms with Crippen molar-refractivity contribution in [3.8, 4) is 5.69 Å². The molecule has 6 heteroatoms. The molecule has 2 heterocycles. The minimum absolute atomic E-state index is 0.0188. The summed E-state index contributed by atoms with van der Waals surface area (Å²) in [6, 6.07) is 7.48. The summed E-state index contributed by atoms with van der Waals surface area (Å²) in [7, 11) is 0. The van der Waals surface area contributed by atoms with Gasteiger partial charge in [0.05, 0.1) is 35.9 Å². The number of ether oxygens (including phenoxy) is 1. The Balaban J connectivity index is 1.93. The highest BCUT2D eigenvalue weighted by Crippen LogP contribution is 2.21. The van der Waals surface area contributed by atoms with Gasteiger partial charge in [-0.2, -0.15) is 5.10 Å². The molecule has 0 N–H and O–H groups in total. The molecule has 1 aliphatic heterocycles. The summed E-state index contributed by atoms with van der Waals surface area (Å²) in [5.74, 6) is 0.0188. The van der Waals surface area contributed by atoms with Crippen molar-refractivity contribution in [2.75, 3.05) is 19.7 Å². The van der Waals surface area contributed by atoms with Gasteiger partial charge in [0.25, 0.3) is 5.91 Å². The largest absolute Gasteiger partial charge is 0.375 e. The summed E-state index contributed by atoms with van der Waals surface area (Å²) < 4.78 is 7.30. The maximum absolute atomic E-state index is 12.8. The zero-order chi connectivity index (χ0) is 16.4. The van der Waals surface area contributed by atoms with E-state index in [2.05, 4.69) is 5.10 Å². The van der Waals surface area contributed by atoms with Crippen LogP contribution in [0.15, 0.2) is 30.5 Å². The quantitative estimate of drug-likeness (QED) is 0.867. The summed E-state index contributed by atoms with van der Waals surface area (Å²) in [6.07, 6.45) is 2.44. The lowest BCUT2D eigenvalue weighted by Crippen LogP contribution is -2.44. The summed E-state index contributed by atoms with van der Waals surface area (Å²) >= 11 is 6.07. The molecule has 1 saturated heterocycles. The van der Waals surface area contributed by atoms with Crippen LogP contribution in [0.25, 0.3) is 5.69 Å². The zero-order valence-electron chi connectivity index (χ0n) is 13.3. The van der Waals surface area contributed by atoms with Crippen LogP contribution in [0.4, 0.5) is 0 Å². The van der Waals surface area contributed by atoms with Crippen LogP contribution < -0.4 is 0 Å². The first-order valence-corrected chi connectivity index (χ1v) is 8.21. The number of carbonyl (C=O) groups excluding carboxylic acids is 1. The fraction of sp³-hybridized carbons (Fsp3) is 0.412. The van der Waals surface area contributed by atoms with E-state index in [4.69, 9.17) is 16.3 Å². The summed E-state index contributed by atoms with van der Waals surface area (Å²) in [5, 5.41) is 5.06. The number of nitrogens with zero attached hydrogens (tertiary/aromatic N) is 3. The molecule has 0 aliphatic carbocycles. The molecule has 5 nitrogen and oxygen atoms in total. The maximum atomic E-state index is 12.8. The van der Waals surface area contributed by atoms with Crippen molar-refractivity contribution >= 4 is 17.5 Å². The molecule has 1 amide bonds. The van der Waals surface area contributed by atoms with Gasteiger partial charge in [0.2, 0.25) is 0 Å². The van der Waals surface area contributed by atoms with Gasteiger partial charge < -0.3 is 9.64 Å². The maximum Gasteiger partial charge on any atom is 0.257 e. The Bertz CT molecular complexity index is 714. The molecular formula is C17H20ClN3O2. The normalized spacial score (nSPS) is 18.2. The number of aromatic nitrogens is 2. The van der Waals surface area contributed by atoms with Gasteiger partial charge in [-0.05, 0) is 31.5 Å². The number of hydrogen-bond donors (Lipinski definition) is 0. The van der Waals surface area contributed by atoms with Gasteiger partial charge in [-0.15, -0.1) is 0 Å². The third-order valence-corrected chi connectivity index (χ3v) is 4.25. The number of carbonyl (C=O) groups is 1. The van der Waals surface area contributed by atoms with Gasteiger partial charge in [-0.25, -0.2) is 4.68 Å². The number of amides is 1. The fourth-order valence-electron chi connectivity index (χ4n) is 2.90. The number of morpholine rings is 1. The number of halogens is 1. The monoisotopic (exact) mass is 333 g/mol. The van der Waals surface area contributed by atoms with E-state index >= 15 is 0 Å². The third-order valence-electron chi connectivity index (χ3n) is 4.02. The lowest BCUT2D eigenvalue weighted by atomic mass is 10.1. The molecule has 0 unspecified atom stereocenters. The van der Waals surface area contributed by atoms with Gasteiger partial charge in [-0.1, -0.05) is 24.6 Å². The molecule has 2 aromatic rings. The van der Waals surface area contributed by atoms with Crippen LogP contribution in [0.2, 0.25) is 5.02 Å². The van der Waals surface area contributed by atoms with Crippen molar-refractivity contribution in [3.05, 3.63) is 46.7 Å². The summed E-state index contributed by atoms with van der Waals surface area (Å²) in [6.45, 7) is 5.82. The zero-order valence-corrected chi connectivity index (χ0v) is 14.1. The highest BCUT2D eigenvalue weighted by molar-refractivity contribution is 6.30. The van der Waals surface area contributed by atoms with Gasteiger partial charge in [0, 0.05) is 18.1 Å². The van der Waals surface area contributed by atoms with Gasteiger partial charge >= 0.3 is 0 Å². The molecule has 1 fully saturated rings. The highest BCUT2D eigenvalue weighted by atomic mass is 35.5. The Hall–Kier alpha value is -1.85. The molecule has 1 aliphatic rings. The second-order valence-electron chi connectivity index (χ2n) is 5.68. The molecule has 1 aromatic heterocycles. The molecule has 0 bridgehead atoms. The van der Waals surface area contributed by atoms with Gasteiger partial charge in [0.15, 0.2) is 0 Å². The van der Waals surface area contributed by atoms with Gasteiger partial charge in [0.1, 0.15) is 0 Å². The predicted molar refractivity (Wildman–Crippen MR) is 89.3 cm³/mol. The van der Waals surface area contributed by atoms with E-state index in [1.54, 1.807) is 10.9 Å². The van der Waals surface area contributed by atoms with E-state index in [-0.39, 0.29) is 12.0 Å². The van der Waals surface area contributed by atoms with Crippen molar-refractivity contribution in [1.29, 1.82) is 0 Å². The number of benzene rings is 1. The first-order chi connectivity index (χ1) is 11.1. The van der Waals surface area contributed by atoms with Crippen molar-refractivity contribution in [1.82, 2.24) is 14.7 Å². The SMILES string of the molecule is CCc1c(C(=O)N2CCO[C@@H](C)C2)cnn1-c1cccc(Cl)c1. The minimum atomic E-state index is 0.0188. The van der Waals surface area contributed by atoms with Crippen LogP contribution in [0.1, 0.15) is 29.9 Å². The third kappa shape index (κ3) is 3.26. The molecule has 1 atom stereocenters. The average molecular weight is 334 g/mol. The van der Waals surface area contributed by atoms with Crippen molar-refractivity contribution < 1.29 is 9.53 Å². The Kier molecular flexibility index (Phi) is 4.68. The smallest absolute Gasteiger partial charge is 0.257 e. The molecule has 122 valence electrons. The number of rotatable bonds is 3. The van der Waals surface area contributed by atoms with E-state index in [1.165, 1.54) is 0 Å². The van der Waals surface area contributed by atoms with Crippen molar-refractivity contribution in [2.45, 2.75) is 26.4 Å². The first-order valence-electron chi connectivity index (χ1n) is 7.84. The van der Waals surface area contributed by atoms with Crippen molar-refractivity contribution in [2.24, 2.45) is 0 Å². The molecular weight excluding hydrogens is 314 g/mol. The lowest BCUT2D eigenvalue weighted by molar-refractivity contribution is -0.0124. The van der Waals surface area contributed by atoms with E-state index in [0.29, 0.717) is 36.7 Å². The first kappa shape index (κ1) is 16.0. The van der Waals surface area contributed by atoms with Crippen LogP contribution in [0.3, 0.4) is 0 Å². The van der Waals surface area contributed by atoms with E-state index in [0.717, 1.165) is 11.4 Å². The van der Waals surface area contributed by atoms with E-state index < -0.39 is 0 Å². The molecule has 0 spiro atoms. The van der Waals surface area contributed by atoms with Crippen LogP contribution in [-0.4, -0.2) is 46.4 Å². The average Bonchev–Trinajstić information content (AvgIpc) is 2.98. The molecule has 0 saturated carbocycles. The molecule has 0 radical (unpaired) electrons. The standard InChI is InChI=1S/C17H20ClN3O2/c1-3-16-15(17(22)20-7-8-23-12(2)11-20)10-19-21(16)14-6-4-5-13(18)9-14/h4-6,9-10,12H,3,7-8,11H2,1-2H3/t12-/m0/s1. The van der Waals surface area contributed by atoms with Crippen LogP contribution in [0.5, 0.6) is 0 Å². The highest BCUT2D eigenvalue weighted by Gasteiger charge is 2.26. The molecule has 1 aromatic carbocycles. The minimum Gasteiger partial charge on any atom is -0.375 e. The predicted octanol–water partition coefficient (Wildman–Crippen LogP) is 2.95. The molecule has 3 rings (SSSR count). The topological polar surface area (TPSA) is 47.4 Å². The van der Waals surface area contributed by atoms with Gasteiger partial charge in [-0.3, -0.25) is 4.79 Å². The van der Waals surface area contributed by atoms with Crippen LogP contribution in [-0.2, 0) is 11.2 Å².